The van der Waals surface area contributed by atoms with Gasteiger partial charge in [-0.15, -0.1) is 0 Å². The first-order valence-electron chi connectivity index (χ1n) is 10.8. The van der Waals surface area contributed by atoms with Crippen molar-refractivity contribution in [1.29, 1.82) is 0 Å². The Balaban J connectivity index is 1.96. The number of esters is 1. The molecule has 0 bridgehead atoms. The summed E-state index contributed by atoms with van der Waals surface area (Å²) in [5, 5.41) is 15.6. The zero-order valence-corrected chi connectivity index (χ0v) is 20.1. The summed E-state index contributed by atoms with van der Waals surface area (Å²) in [6.45, 7) is 3.30. The molecule has 0 aliphatic heterocycles. The topological polar surface area (TPSA) is 110 Å². The van der Waals surface area contributed by atoms with Gasteiger partial charge in [-0.1, -0.05) is 29.8 Å². The minimum Gasteiger partial charge on any atom is -0.505 e. The smallest absolute Gasteiger partial charge is 0.319 e. The van der Waals surface area contributed by atoms with Crippen LogP contribution in [0.5, 0.6) is 5.75 Å². The maximum absolute atomic E-state index is 14.9. The predicted molar refractivity (Wildman–Crippen MR) is 131 cm³/mol. The summed E-state index contributed by atoms with van der Waals surface area (Å²) in [4.78, 5) is 37.4. The molecule has 3 N–H and O–H groups in total. The molecule has 1 heterocycles. The van der Waals surface area contributed by atoms with Gasteiger partial charge in [-0.05, 0) is 49.2 Å². The first kappa shape index (κ1) is 25.8. The van der Waals surface area contributed by atoms with Gasteiger partial charge in [0.05, 0.1) is 19.1 Å². The van der Waals surface area contributed by atoms with Gasteiger partial charge < -0.3 is 25.0 Å². The summed E-state index contributed by atoms with van der Waals surface area (Å²) >= 11 is 6.08. The number of aromatic nitrogens is 1. The molecule has 35 heavy (non-hydrogen) atoms. The summed E-state index contributed by atoms with van der Waals surface area (Å²) in [6.07, 6.45) is 1.05. The van der Waals surface area contributed by atoms with Crippen molar-refractivity contribution in [2.45, 2.75) is 26.3 Å². The largest absolute Gasteiger partial charge is 0.505 e. The van der Waals surface area contributed by atoms with Crippen LogP contribution in [0, 0.1) is 12.7 Å². The van der Waals surface area contributed by atoms with Crippen LogP contribution < -0.4 is 16.2 Å². The molecule has 2 aromatic carbocycles. The summed E-state index contributed by atoms with van der Waals surface area (Å²) in [6, 6.07) is 9.19. The second kappa shape index (κ2) is 11.1. The monoisotopic (exact) mass is 501 g/mol. The minimum atomic E-state index is -1.14. The van der Waals surface area contributed by atoms with Crippen LogP contribution in [0.3, 0.4) is 0 Å². The molecule has 184 valence electrons. The molecule has 3 rings (SSSR count). The van der Waals surface area contributed by atoms with Crippen LogP contribution in [0.2, 0.25) is 5.02 Å². The molecule has 0 saturated heterocycles. The van der Waals surface area contributed by atoms with E-state index < -0.39 is 29.4 Å². The van der Waals surface area contributed by atoms with E-state index >= 15 is 0 Å². The van der Waals surface area contributed by atoms with Crippen molar-refractivity contribution >= 4 is 29.3 Å². The number of halogens is 2. The highest BCUT2D eigenvalue weighted by atomic mass is 35.5. The Hall–Kier alpha value is -3.85. The fraction of sp³-hybridized carbons (Fsp3) is 0.240. The molecule has 0 radical (unpaired) electrons. The van der Waals surface area contributed by atoms with E-state index in [2.05, 4.69) is 10.6 Å². The molecule has 0 aliphatic rings. The zero-order chi connectivity index (χ0) is 25.7. The van der Waals surface area contributed by atoms with E-state index in [1.807, 2.05) is 0 Å². The van der Waals surface area contributed by atoms with E-state index in [1.165, 1.54) is 29.9 Å². The number of aromatic hydroxyl groups is 1. The van der Waals surface area contributed by atoms with Crippen molar-refractivity contribution in [1.82, 2.24) is 9.88 Å². The molecule has 1 atom stereocenters. The molecule has 10 heteroatoms. The van der Waals surface area contributed by atoms with Gasteiger partial charge >= 0.3 is 12.0 Å². The fourth-order valence-electron chi connectivity index (χ4n) is 3.59. The molecule has 0 saturated carbocycles. The van der Waals surface area contributed by atoms with Crippen LogP contribution in [0.15, 0.2) is 53.5 Å². The Kier molecular flexibility index (Phi) is 8.14. The Labute approximate surface area is 206 Å². The van der Waals surface area contributed by atoms with Crippen LogP contribution in [0.4, 0.5) is 14.9 Å². The van der Waals surface area contributed by atoms with Gasteiger partial charge in [-0.3, -0.25) is 9.59 Å². The standard InChI is InChI=1S/C25H25ClFN3O5/c1-4-35-21(31)12-20(28-25(34)29-22-23(32)14(2)13-30(3)24(22)33)18-11-16(8-9-19(18)27)15-6-5-7-17(26)10-15/h5-11,13,20,32H,4,12H2,1-3H3,(H2,28,29,34). The Morgan fingerprint density at radius 3 is 2.60 bits per heavy atom. The number of rotatable bonds is 7. The number of benzene rings is 2. The number of nitrogens with zero attached hydrogens (tertiary/aromatic N) is 1. The lowest BCUT2D eigenvalue weighted by Crippen LogP contribution is -2.36. The van der Waals surface area contributed by atoms with Crippen LogP contribution in [0.25, 0.3) is 11.1 Å². The van der Waals surface area contributed by atoms with Gasteiger partial charge in [0, 0.05) is 29.4 Å². The van der Waals surface area contributed by atoms with Crippen molar-refractivity contribution in [2.24, 2.45) is 7.05 Å². The second-order valence-corrected chi connectivity index (χ2v) is 8.30. The zero-order valence-electron chi connectivity index (χ0n) is 19.4. The van der Waals surface area contributed by atoms with Crippen molar-refractivity contribution in [3.8, 4) is 16.9 Å². The minimum absolute atomic E-state index is 0.0343. The summed E-state index contributed by atoms with van der Waals surface area (Å²) in [5.74, 6) is -1.70. The SMILES string of the molecule is CCOC(=O)CC(NC(=O)Nc1c(O)c(C)cn(C)c1=O)c1cc(-c2cccc(Cl)c2)ccc1F. The molecule has 8 nitrogen and oxygen atoms in total. The fourth-order valence-corrected chi connectivity index (χ4v) is 3.78. The number of hydrogen-bond donors (Lipinski definition) is 3. The number of hydrogen-bond acceptors (Lipinski definition) is 5. The molecule has 0 spiro atoms. The average molecular weight is 502 g/mol. The number of urea groups is 1. The van der Waals surface area contributed by atoms with Crippen molar-refractivity contribution in [3.63, 3.8) is 0 Å². The van der Waals surface area contributed by atoms with Crippen LogP contribution in [-0.2, 0) is 16.6 Å². The molecule has 1 unspecified atom stereocenters. The Bertz CT molecular complexity index is 1320. The van der Waals surface area contributed by atoms with Crippen molar-refractivity contribution < 1.29 is 23.8 Å². The van der Waals surface area contributed by atoms with E-state index in [-0.39, 0.29) is 30.0 Å². The lowest BCUT2D eigenvalue weighted by Gasteiger charge is -2.21. The van der Waals surface area contributed by atoms with Gasteiger partial charge in [0.2, 0.25) is 0 Å². The molecule has 1 aromatic heterocycles. The molecular formula is C25H25ClFN3O5. The molecule has 3 aromatic rings. The number of carbonyl (C=O) groups is 2. The van der Waals surface area contributed by atoms with E-state index in [9.17, 15) is 23.9 Å². The highest BCUT2D eigenvalue weighted by molar-refractivity contribution is 6.30. The Morgan fingerprint density at radius 1 is 1.20 bits per heavy atom. The van der Waals surface area contributed by atoms with E-state index in [4.69, 9.17) is 16.3 Å². The predicted octanol–water partition coefficient (Wildman–Crippen LogP) is 4.67. The number of carbonyl (C=O) groups excluding carboxylic acids is 2. The quantitative estimate of drug-likeness (QED) is 0.407. The summed E-state index contributed by atoms with van der Waals surface area (Å²) < 4.78 is 21.1. The first-order chi connectivity index (χ1) is 16.6. The molecular weight excluding hydrogens is 477 g/mol. The second-order valence-electron chi connectivity index (χ2n) is 7.86. The van der Waals surface area contributed by atoms with E-state index in [0.717, 1.165) is 0 Å². The molecule has 0 aliphatic carbocycles. The third-order valence-electron chi connectivity index (χ3n) is 5.28. The molecule has 0 fully saturated rings. The number of amides is 2. The van der Waals surface area contributed by atoms with Crippen molar-refractivity contribution in [2.75, 3.05) is 11.9 Å². The van der Waals surface area contributed by atoms with Gasteiger partial charge in [-0.2, -0.15) is 0 Å². The highest BCUT2D eigenvalue weighted by Gasteiger charge is 2.24. The highest BCUT2D eigenvalue weighted by Crippen LogP contribution is 2.29. The van der Waals surface area contributed by atoms with Crippen LogP contribution >= 0.6 is 11.6 Å². The van der Waals surface area contributed by atoms with Gasteiger partial charge in [-0.25, -0.2) is 9.18 Å². The van der Waals surface area contributed by atoms with Gasteiger partial charge in [0.25, 0.3) is 5.56 Å². The summed E-state index contributed by atoms with van der Waals surface area (Å²) in [7, 11) is 1.47. The summed E-state index contributed by atoms with van der Waals surface area (Å²) in [5.41, 5.74) is 0.751. The van der Waals surface area contributed by atoms with Crippen molar-refractivity contribution in [3.05, 3.63) is 81.0 Å². The number of aryl methyl sites for hydroxylation is 2. The lowest BCUT2D eigenvalue weighted by atomic mass is 9.97. The molecule has 2 amide bonds. The normalized spacial score (nSPS) is 11.6. The average Bonchev–Trinajstić information content (AvgIpc) is 2.80. The maximum atomic E-state index is 14.9. The first-order valence-corrected chi connectivity index (χ1v) is 11.2. The van der Waals surface area contributed by atoms with Gasteiger partial charge in [0.1, 0.15) is 11.6 Å². The van der Waals surface area contributed by atoms with Crippen LogP contribution in [-0.4, -0.2) is 28.3 Å². The number of ether oxygens (including phenoxy) is 1. The number of pyridine rings is 1. The Morgan fingerprint density at radius 2 is 1.91 bits per heavy atom. The third-order valence-corrected chi connectivity index (χ3v) is 5.52. The van der Waals surface area contributed by atoms with Gasteiger partial charge in [0.15, 0.2) is 5.69 Å². The third kappa shape index (κ3) is 6.19. The number of anilines is 1. The van der Waals surface area contributed by atoms with E-state index in [1.54, 1.807) is 44.2 Å². The lowest BCUT2D eigenvalue weighted by molar-refractivity contribution is -0.143. The number of nitrogens with one attached hydrogen (secondary N) is 2. The maximum Gasteiger partial charge on any atom is 0.319 e. The van der Waals surface area contributed by atoms with Crippen LogP contribution in [0.1, 0.15) is 30.5 Å². The van der Waals surface area contributed by atoms with E-state index in [0.29, 0.717) is 21.7 Å².